The Morgan fingerprint density at radius 3 is 2.23 bits per heavy atom. The second-order valence-corrected chi connectivity index (χ2v) is 8.03. The van der Waals surface area contributed by atoms with Gasteiger partial charge in [0.2, 0.25) is 5.91 Å². The topological polar surface area (TPSA) is 66.9 Å². The van der Waals surface area contributed by atoms with Crippen molar-refractivity contribution in [2.45, 2.75) is 45.7 Å². The summed E-state index contributed by atoms with van der Waals surface area (Å²) < 4.78 is 5.50. The van der Waals surface area contributed by atoms with Gasteiger partial charge in [-0.05, 0) is 38.3 Å². The minimum atomic E-state index is -0.792. The summed E-state index contributed by atoms with van der Waals surface area (Å²) in [6.45, 7) is 9.23. The molecule has 0 spiro atoms. The van der Waals surface area contributed by atoms with Gasteiger partial charge in [-0.3, -0.25) is 19.3 Å². The van der Waals surface area contributed by atoms with Crippen LogP contribution in [0.15, 0.2) is 24.3 Å². The molecule has 1 atom stereocenters. The van der Waals surface area contributed by atoms with E-state index >= 15 is 0 Å². The average Bonchev–Trinajstić information content (AvgIpc) is 2.83. The number of morpholine rings is 1. The van der Waals surface area contributed by atoms with Gasteiger partial charge in [0.1, 0.15) is 6.04 Å². The maximum absolute atomic E-state index is 13.4. The van der Waals surface area contributed by atoms with Crippen molar-refractivity contribution in [3.63, 3.8) is 0 Å². The predicted octanol–water partition coefficient (Wildman–Crippen LogP) is 2.33. The quantitative estimate of drug-likeness (QED) is 0.775. The molecule has 1 unspecified atom stereocenters. The fraction of sp³-hybridized carbons (Fsp3) is 0.550. The highest BCUT2D eigenvalue weighted by Crippen LogP contribution is 2.30. The van der Waals surface area contributed by atoms with Crippen LogP contribution in [0.25, 0.3) is 0 Å². The van der Waals surface area contributed by atoms with Gasteiger partial charge in [-0.1, -0.05) is 26.0 Å². The molecule has 2 aliphatic rings. The summed E-state index contributed by atoms with van der Waals surface area (Å²) in [4.78, 5) is 42.1. The lowest BCUT2D eigenvalue weighted by Crippen LogP contribution is -2.61. The number of ether oxygens (including phenoxy) is 1. The molecular formula is C20H26N2O4. The zero-order valence-electron chi connectivity index (χ0n) is 15.8. The highest BCUT2D eigenvalue weighted by molar-refractivity contribution is 6.22. The summed E-state index contributed by atoms with van der Waals surface area (Å²) >= 11 is 0. The van der Waals surface area contributed by atoms with Crippen LogP contribution in [0.2, 0.25) is 0 Å². The van der Waals surface area contributed by atoms with Crippen LogP contribution in [0.4, 0.5) is 0 Å². The zero-order valence-corrected chi connectivity index (χ0v) is 15.8. The second-order valence-electron chi connectivity index (χ2n) is 8.03. The van der Waals surface area contributed by atoms with Crippen LogP contribution in [0.1, 0.15) is 54.8 Å². The molecule has 0 bridgehead atoms. The van der Waals surface area contributed by atoms with Crippen molar-refractivity contribution in [3.05, 3.63) is 35.4 Å². The molecule has 2 aliphatic heterocycles. The lowest BCUT2D eigenvalue weighted by atomic mass is 9.96. The van der Waals surface area contributed by atoms with Crippen LogP contribution in [-0.2, 0) is 9.53 Å². The Kier molecular flexibility index (Phi) is 4.88. The molecule has 1 saturated heterocycles. The fourth-order valence-corrected chi connectivity index (χ4v) is 3.70. The molecule has 2 heterocycles. The Labute approximate surface area is 154 Å². The van der Waals surface area contributed by atoms with Gasteiger partial charge in [0.05, 0.1) is 29.9 Å². The van der Waals surface area contributed by atoms with E-state index in [9.17, 15) is 14.4 Å². The number of hydrogen-bond donors (Lipinski definition) is 0. The Balaban J connectivity index is 1.96. The van der Waals surface area contributed by atoms with E-state index in [4.69, 9.17) is 4.74 Å². The van der Waals surface area contributed by atoms with E-state index in [2.05, 4.69) is 0 Å². The Hall–Kier alpha value is -2.21. The van der Waals surface area contributed by atoms with Crippen LogP contribution in [0.5, 0.6) is 0 Å². The summed E-state index contributed by atoms with van der Waals surface area (Å²) in [5, 5.41) is 0. The number of fused-ring (bicyclic) bond motifs is 1. The third kappa shape index (κ3) is 3.14. The first-order valence-corrected chi connectivity index (χ1v) is 9.10. The van der Waals surface area contributed by atoms with Gasteiger partial charge >= 0.3 is 0 Å². The molecule has 1 aromatic carbocycles. The van der Waals surface area contributed by atoms with Crippen molar-refractivity contribution in [3.8, 4) is 0 Å². The molecule has 0 aliphatic carbocycles. The minimum absolute atomic E-state index is 0.164. The fourth-order valence-electron chi connectivity index (χ4n) is 3.70. The SMILES string of the molecule is CC(C)CC(C(=O)N1CCOCC1(C)C)N1C(=O)c2ccccc2C1=O. The van der Waals surface area contributed by atoms with Gasteiger partial charge in [0.15, 0.2) is 0 Å². The molecule has 1 aromatic rings. The summed E-state index contributed by atoms with van der Waals surface area (Å²) in [5.74, 6) is -0.773. The van der Waals surface area contributed by atoms with Gasteiger partial charge in [-0.15, -0.1) is 0 Å². The number of carbonyl (C=O) groups is 3. The van der Waals surface area contributed by atoms with Gasteiger partial charge in [0, 0.05) is 6.54 Å². The largest absolute Gasteiger partial charge is 0.377 e. The lowest BCUT2D eigenvalue weighted by Gasteiger charge is -2.44. The van der Waals surface area contributed by atoms with E-state index in [1.165, 1.54) is 4.90 Å². The Morgan fingerprint density at radius 1 is 1.15 bits per heavy atom. The van der Waals surface area contributed by atoms with Crippen molar-refractivity contribution in [2.24, 2.45) is 5.92 Å². The maximum atomic E-state index is 13.4. The zero-order chi connectivity index (χ0) is 19.1. The Morgan fingerprint density at radius 2 is 1.73 bits per heavy atom. The third-order valence-corrected chi connectivity index (χ3v) is 5.03. The maximum Gasteiger partial charge on any atom is 0.262 e. The second kappa shape index (κ2) is 6.83. The highest BCUT2D eigenvalue weighted by atomic mass is 16.5. The first-order chi connectivity index (χ1) is 12.2. The Bertz CT molecular complexity index is 706. The van der Waals surface area contributed by atoms with E-state index in [1.54, 1.807) is 29.2 Å². The first-order valence-electron chi connectivity index (χ1n) is 9.10. The summed E-state index contributed by atoms with van der Waals surface area (Å²) in [6.07, 6.45) is 0.442. The van der Waals surface area contributed by atoms with E-state index < -0.39 is 11.6 Å². The standard InChI is InChI=1S/C20H26N2O4/c1-13(2)11-16(19(25)21-9-10-26-12-20(21,3)4)22-17(23)14-7-5-6-8-15(14)18(22)24/h5-8,13,16H,9-12H2,1-4H3. The van der Waals surface area contributed by atoms with E-state index in [0.717, 1.165) is 0 Å². The molecule has 6 heteroatoms. The summed E-state index contributed by atoms with van der Waals surface area (Å²) in [5.41, 5.74) is 0.282. The van der Waals surface area contributed by atoms with Gasteiger partial charge in [0.25, 0.3) is 11.8 Å². The van der Waals surface area contributed by atoms with Crippen LogP contribution >= 0.6 is 0 Å². The molecule has 1 fully saturated rings. The third-order valence-electron chi connectivity index (χ3n) is 5.03. The summed E-state index contributed by atoms with van der Waals surface area (Å²) in [6, 6.07) is 5.96. The van der Waals surface area contributed by atoms with Gasteiger partial charge < -0.3 is 9.64 Å². The number of benzene rings is 1. The first kappa shape index (κ1) is 18.6. The lowest BCUT2D eigenvalue weighted by molar-refractivity contribution is -0.151. The molecular weight excluding hydrogens is 332 g/mol. The number of hydrogen-bond acceptors (Lipinski definition) is 4. The van der Waals surface area contributed by atoms with Crippen LogP contribution in [0, 0.1) is 5.92 Å². The normalized spacial score (nSPS) is 20.5. The van der Waals surface area contributed by atoms with Crippen LogP contribution in [0.3, 0.4) is 0 Å². The van der Waals surface area contributed by atoms with E-state index in [1.807, 2.05) is 27.7 Å². The molecule has 0 radical (unpaired) electrons. The van der Waals surface area contributed by atoms with Crippen molar-refractivity contribution < 1.29 is 19.1 Å². The van der Waals surface area contributed by atoms with Crippen LogP contribution in [-0.4, -0.2) is 58.9 Å². The van der Waals surface area contributed by atoms with Crippen molar-refractivity contribution in [2.75, 3.05) is 19.8 Å². The van der Waals surface area contributed by atoms with Crippen LogP contribution < -0.4 is 0 Å². The number of imide groups is 1. The predicted molar refractivity (Wildman–Crippen MR) is 96.8 cm³/mol. The van der Waals surface area contributed by atoms with E-state index in [-0.39, 0.29) is 23.6 Å². The molecule has 0 aromatic heterocycles. The number of rotatable bonds is 4. The number of carbonyl (C=O) groups excluding carboxylic acids is 3. The monoisotopic (exact) mass is 358 g/mol. The smallest absolute Gasteiger partial charge is 0.262 e. The molecule has 0 saturated carbocycles. The van der Waals surface area contributed by atoms with Gasteiger partial charge in [-0.25, -0.2) is 0 Å². The molecule has 6 nitrogen and oxygen atoms in total. The van der Waals surface area contributed by atoms with Crippen molar-refractivity contribution in [1.29, 1.82) is 0 Å². The molecule has 3 rings (SSSR count). The van der Waals surface area contributed by atoms with Gasteiger partial charge in [-0.2, -0.15) is 0 Å². The molecule has 3 amide bonds. The highest BCUT2D eigenvalue weighted by Gasteiger charge is 2.46. The molecule has 0 N–H and O–H groups in total. The molecule has 26 heavy (non-hydrogen) atoms. The van der Waals surface area contributed by atoms with Crippen molar-refractivity contribution >= 4 is 17.7 Å². The number of amides is 3. The average molecular weight is 358 g/mol. The molecule has 140 valence electrons. The van der Waals surface area contributed by atoms with E-state index in [0.29, 0.717) is 37.3 Å². The summed E-state index contributed by atoms with van der Waals surface area (Å²) in [7, 11) is 0. The minimum Gasteiger partial charge on any atom is -0.377 e. The number of nitrogens with zero attached hydrogens (tertiary/aromatic N) is 2. The van der Waals surface area contributed by atoms with Crippen molar-refractivity contribution in [1.82, 2.24) is 9.80 Å².